The Balaban J connectivity index is 1.17. The molecule has 53 heavy (non-hydrogen) atoms. The quantitative estimate of drug-likeness (QED) is 0.307. The number of ether oxygens (including phenoxy) is 1. The summed E-state index contributed by atoms with van der Waals surface area (Å²) in [6.07, 6.45) is 7.70. The van der Waals surface area contributed by atoms with E-state index in [9.17, 15) is 32.4 Å². The van der Waals surface area contributed by atoms with E-state index in [1.807, 2.05) is 26.0 Å². The molecule has 6 amide bonds. The van der Waals surface area contributed by atoms with Gasteiger partial charge in [-0.25, -0.2) is 18.0 Å². The largest absolute Gasteiger partial charge is 0.444 e. The maximum Gasteiger partial charge on any atom is 0.410 e. The standard InChI is InChI=1S/C38H52N6O8S/c1-4-26-19-38(26,34(47)42-53(50,51)28-15-16-28)40-32(45)30-18-27-21-44(30)33(46)31(24-11-5-6-12-24)39-35(48)41-37(2,3)17-8-7-10-23-13-9-14-25-20-43(22-29(23)25)36(49)52-27/h4,9,13-14,24,26-28,30-31H,1,5-8,10-12,15-22H2,2-3H3,(H,40,45)(H,42,47)(H2,39,41,48)/t26-,27-,30+,31+,38+/m1/s1. The third-order valence-electron chi connectivity index (χ3n) is 12.1. The molecule has 1 aromatic rings. The predicted molar refractivity (Wildman–Crippen MR) is 194 cm³/mol. The van der Waals surface area contributed by atoms with Crippen LogP contribution in [-0.2, 0) is 48.7 Å². The zero-order chi connectivity index (χ0) is 37.7. The lowest BCUT2D eigenvalue weighted by molar-refractivity contribution is -0.142. The molecule has 4 bridgehead atoms. The Kier molecular flexibility index (Phi) is 10.0. The first-order valence-electron chi connectivity index (χ1n) is 19.1. The number of nitrogens with one attached hydrogen (secondary N) is 4. The zero-order valence-corrected chi connectivity index (χ0v) is 31.5. The third kappa shape index (κ3) is 7.76. The maximum absolute atomic E-state index is 14.6. The van der Waals surface area contributed by atoms with Crippen molar-refractivity contribution < 1.29 is 37.1 Å². The van der Waals surface area contributed by atoms with Gasteiger partial charge in [-0.1, -0.05) is 43.5 Å². The molecule has 0 spiro atoms. The molecule has 0 aromatic heterocycles. The van der Waals surface area contributed by atoms with E-state index in [0.717, 1.165) is 62.5 Å². The molecule has 4 fully saturated rings. The topological polar surface area (TPSA) is 183 Å². The maximum atomic E-state index is 14.6. The predicted octanol–water partition coefficient (Wildman–Crippen LogP) is 3.14. The van der Waals surface area contributed by atoms with E-state index >= 15 is 0 Å². The van der Waals surface area contributed by atoms with E-state index in [1.54, 1.807) is 4.90 Å². The first-order valence-corrected chi connectivity index (χ1v) is 20.7. The Bertz CT molecular complexity index is 1790. The lowest BCUT2D eigenvalue weighted by Crippen LogP contribution is -2.60. The van der Waals surface area contributed by atoms with Crippen LogP contribution in [0.3, 0.4) is 0 Å². The Morgan fingerprint density at radius 2 is 1.75 bits per heavy atom. The number of benzene rings is 1. The second-order valence-corrected chi connectivity index (χ2v) is 18.5. The van der Waals surface area contributed by atoms with Gasteiger partial charge >= 0.3 is 12.1 Å². The van der Waals surface area contributed by atoms with Crippen LogP contribution in [0.15, 0.2) is 30.9 Å². The van der Waals surface area contributed by atoms with E-state index < -0.39 is 80.3 Å². The molecule has 1 aromatic carbocycles. The number of hydrogen-bond donors (Lipinski definition) is 4. The lowest BCUT2D eigenvalue weighted by Gasteiger charge is -2.33. The number of hydrogen-bond acceptors (Lipinski definition) is 8. The summed E-state index contributed by atoms with van der Waals surface area (Å²) in [5.41, 5.74) is 1.23. The minimum atomic E-state index is -3.90. The van der Waals surface area contributed by atoms with Gasteiger partial charge in [0.1, 0.15) is 23.7 Å². The molecule has 5 atom stereocenters. The van der Waals surface area contributed by atoms with Gasteiger partial charge in [-0.2, -0.15) is 0 Å². The minimum absolute atomic E-state index is 0.0389. The Hall–Kier alpha value is -4.14. The number of aryl methyl sites for hydroxylation is 1. The summed E-state index contributed by atoms with van der Waals surface area (Å²) in [6, 6.07) is 3.54. The average Bonchev–Trinajstić information content (AvgIpc) is 3.88. The van der Waals surface area contributed by atoms with Crippen LogP contribution in [0.25, 0.3) is 0 Å². The molecule has 3 heterocycles. The van der Waals surface area contributed by atoms with Gasteiger partial charge in [0.2, 0.25) is 21.8 Å². The van der Waals surface area contributed by atoms with Gasteiger partial charge in [0.15, 0.2) is 0 Å². The first-order chi connectivity index (χ1) is 25.2. The summed E-state index contributed by atoms with van der Waals surface area (Å²) in [5, 5.41) is 8.19. The first kappa shape index (κ1) is 37.2. The van der Waals surface area contributed by atoms with Crippen LogP contribution in [0.1, 0.15) is 101 Å². The second-order valence-electron chi connectivity index (χ2n) is 16.6. The van der Waals surface area contributed by atoms with Gasteiger partial charge in [-0.15, -0.1) is 6.58 Å². The van der Waals surface area contributed by atoms with Crippen LogP contribution in [0.2, 0.25) is 0 Å². The third-order valence-corrected chi connectivity index (χ3v) is 13.9. The molecule has 0 radical (unpaired) electrons. The molecular weight excluding hydrogens is 701 g/mol. The van der Waals surface area contributed by atoms with Crippen molar-refractivity contribution in [2.45, 2.75) is 139 Å². The van der Waals surface area contributed by atoms with Gasteiger partial charge < -0.3 is 25.6 Å². The second kappa shape index (κ2) is 14.3. The number of rotatable bonds is 7. The Morgan fingerprint density at radius 3 is 2.45 bits per heavy atom. The van der Waals surface area contributed by atoms with Crippen molar-refractivity contribution >= 4 is 39.9 Å². The summed E-state index contributed by atoms with van der Waals surface area (Å²) in [4.78, 5) is 72.7. The van der Waals surface area contributed by atoms with Crippen molar-refractivity contribution in [3.8, 4) is 0 Å². The number of fused-ring (bicyclic) bond motifs is 3. The van der Waals surface area contributed by atoms with Gasteiger partial charge in [0, 0.05) is 31.0 Å². The molecule has 14 nitrogen and oxygen atoms in total. The van der Waals surface area contributed by atoms with Crippen molar-refractivity contribution in [1.82, 2.24) is 30.5 Å². The van der Waals surface area contributed by atoms with Gasteiger partial charge in [0.05, 0.1) is 11.8 Å². The molecule has 1 saturated heterocycles. The number of urea groups is 1. The molecule has 3 aliphatic heterocycles. The van der Waals surface area contributed by atoms with Crippen molar-refractivity contribution in [3.63, 3.8) is 0 Å². The molecule has 4 N–H and O–H groups in total. The highest BCUT2D eigenvalue weighted by molar-refractivity contribution is 7.91. The average molecular weight is 753 g/mol. The Morgan fingerprint density at radius 1 is 1.02 bits per heavy atom. The smallest absolute Gasteiger partial charge is 0.410 e. The summed E-state index contributed by atoms with van der Waals surface area (Å²) in [6.45, 7) is 8.39. The highest BCUT2D eigenvalue weighted by Crippen LogP contribution is 2.45. The summed E-state index contributed by atoms with van der Waals surface area (Å²) in [7, 11) is -3.90. The van der Waals surface area contributed by atoms with Crippen molar-refractivity contribution in [2.24, 2.45) is 11.8 Å². The fourth-order valence-corrected chi connectivity index (χ4v) is 10.1. The Labute approximate surface area is 311 Å². The molecule has 3 aliphatic carbocycles. The molecule has 6 aliphatic rings. The van der Waals surface area contributed by atoms with Gasteiger partial charge in [0.25, 0.3) is 5.91 Å². The SMILES string of the molecule is C=C[C@@H]1C[C@@]1(NC(=O)[C@@H]1C[C@@H]2CN1C(=O)[C@H](C1CCCC1)NC(=O)NC(C)(C)CCCCc1cccc3c1CN(C3)C(=O)O2)C(=O)NS(=O)(=O)C1CC1. The molecule has 3 saturated carbocycles. The number of sulfonamides is 1. The van der Waals surface area contributed by atoms with Crippen LogP contribution in [0, 0.1) is 11.8 Å². The fraction of sp³-hybridized carbons (Fsp3) is 0.658. The molecular formula is C38H52N6O8S. The monoisotopic (exact) mass is 752 g/mol. The molecule has 0 unspecified atom stereocenters. The van der Waals surface area contributed by atoms with E-state index in [4.69, 9.17) is 4.74 Å². The van der Waals surface area contributed by atoms with Crippen molar-refractivity contribution in [3.05, 3.63) is 47.5 Å². The van der Waals surface area contributed by atoms with Crippen LogP contribution in [-0.4, -0.2) is 89.1 Å². The fourth-order valence-electron chi connectivity index (χ4n) is 8.75. The highest BCUT2D eigenvalue weighted by atomic mass is 32.2. The molecule has 7 rings (SSSR count). The number of carbonyl (C=O) groups is 5. The number of amides is 6. The number of nitrogens with zero attached hydrogens (tertiary/aromatic N) is 2. The van der Waals surface area contributed by atoms with E-state index in [1.165, 1.54) is 16.5 Å². The summed E-state index contributed by atoms with van der Waals surface area (Å²) >= 11 is 0. The van der Waals surface area contributed by atoms with Crippen LogP contribution in [0.5, 0.6) is 0 Å². The van der Waals surface area contributed by atoms with E-state index in [-0.39, 0.29) is 25.3 Å². The lowest BCUT2D eigenvalue weighted by atomic mass is 9.93. The normalized spacial score (nSPS) is 30.6. The van der Waals surface area contributed by atoms with Gasteiger partial charge in [-0.05, 0) is 87.8 Å². The van der Waals surface area contributed by atoms with Crippen LogP contribution >= 0.6 is 0 Å². The molecule has 288 valence electrons. The van der Waals surface area contributed by atoms with Crippen LogP contribution in [0.4, 0.5) is 9.59 Å². The van der Waals surface area contributed by atoms with Crippen LogP contribution < -0.4 is 20.7 Å². The van der Waals surface area contributed by atoms with E-state index in [2.05, 4.69) is 33.3 Å². The molecule has 15 heteroatoms. The van der Waals surface area contributed by atoms with E-state index in [0.29, 0.717) is 25.9 Å². The zero-order valence-electron chi connectivity index (χ0n) is 30.7. The highest BCUT2D eigenvalue weighted by Gasteiger charge is 2.62. The van der Waals surface area contributed by atoms with Gasteiger partial charge in [-0.3, -0.25) is 24.0 Å². The minimum Gasteiger partial charge on any atom is -0.444 e. The summed E-state index contributed by atoms with van der Waals surface area (Å²) in [5.74, 6) is -2.66. The number of carbonyl (C=O) groups excluding carboxylic acids is 5. The summed E-state index contributed by atoms with van der Waals surface area (Å²) < 4.78 is 33.6. The van der Waals surface area contributed by atoms with Crippen molar-refractivity contribution in [2.75, 3.05) is 6.54 Å². The van der Waals surface area contributed by atoms with Crippen molar-refractivity contribution in [1.29, 1.82) is 0 Å².